The van der Waals surface area contributed by atoms with E-state index in [0.717, 1.165) is 25.8 Å². The SMILES string of the molecule is CN(CC(=O)N1CC[C@@]2(CCCN(C)C2=O)C1)Cc1ccccc1F. The van der Waals surface area contributed by atoms with E-state index in [2.05, 4.69) is 0 Å². The molecule has 0 saturated carbocycles. The largest absolute Gasteiger partial charge is 0.345 e. The van der Waals surface area contributed by atoms with E-state index < -0.39 is 0 Å². The number of benzene rings is 1. The normalized spacial score (nSPS) is 23.8. The molecule has 1 atom stereocenters. The number of piperidine rings is 1. The summed E-state index contributed by atoms with van der Waals surface area (Å²) in [5.74, 6) is -0.0664. The minimum absolute atomic E-state index is 0.0109. The van der Waals surface area contributed by atoms with Gasteiger partial charge in [0.2, 0.25) is 11.8 Å². The van der Waals surface area contributed by atoms with Gasteiger partial charge in [-0.15, -0.1) is 0 Å². The predicted octanol–water partition coefficient (Wildman–Crippen LogP) is 1.73. The lowest BCUT2D eigenvalue weighted by atomic mass is 9.78. The van der Waals surface area contributed by atoms with Crippen LogP contribution in [0.2, 0.25) is 0 Å². The van der Waals surface area contributed by atoms with Crippen LogP contribution in [0.5, 0.6) is 0 Å². The molecule has 2 aliphatic heterocycles. The molecule has 0 unspecified atom stereocenters. The van der Waals surface area contributed by atoms with Gasteiger partial charge in [0.1, 0.15) is 5.82 Å². The van der Waals surface area contributed by atoms with Crippen molar-refractivity contribution < 1.29 is 14.0 Å². The third kappa shape index (κ3) is 3.68. The predicted molar refractivity (Wildman–Crippen MR) is 93.2 cm³/mol. The van der Waals surface area contributed by atoms with Gasteiger partial charge in [0.15, 0.2) is 0 Å². The van der Waals surface area contributed by atoms with Crippen LogP contribution in [0, 0.1) is 11.2 Å². The van der Waals surface area contributed by atoms with Gasteiger partial charge in [-0.3, -0.25) is 14.5 Å². The second-order valence-corrected chi connectivity index (χ2v) is 7.44. The van der Waals surface area contributed by atoms with E-state index in [4.69, 9.17) is 0 Å². The van der Waals surface area contributed by atoms with Crippen molar-refractivity contribution >= 4 is 11.8 Å². The second-order valence-electron chi connectivity index (χ2n) is 7.44. The molecule has 0 bridgehead atoms. The summed E-state index contributed by atoms with van der Waals surface area (Å²) < 4.78 is 13.7. The third-order valence-electron chi connectivity index (χ3n) is 5.46. The van der Waals surface area contributed by atoms with Crippen molar-refractivity contribution in [1.82, 2.24) is 14.7 Å². The van der Waals surface area contributed by atoms with Gasteiger partial charge in [-0.1, -0.05) is 18.2 Å². The Morgan fingerprint density at radius 3 is 2.80 bits per heavy atom. The molecule has 2 heterocycles. The van der Waals surface area contributed by atoms with E-state index >= 15 is 0 Å². The maximum Gasteiger partial charge on any atom is 0.236 e. The van der Waals surface area contributed by atoms with Crippen LogP contribution in [0.1, 0.15) is 24.8 Å². The molecule has 0 aromatic heterocycles. The topological polar surface area (TPSA) is 43.9 Å². The molecule has 2 fully saturated rings. The maximum atomic E-state index is 13.7. The fourth-order valence-corrected chi connectivity index (χ4v) is 4.04. The van der Waals surface area contributed by atoms with E-state index in [0.29, 0.717) is 25.2 Å². The Morgan fingerprint density at radius 2 is 2.04 bits per heavy atom. The Morgan fingerprint density at radius 1 is 1.28 bits per heavy atom. The molecule has 2 saturated heterocycles. The van der Waals surface area contributed by atoms with Gasteiger partial charge < -0.3 is 9.80 Å². The molecule has 2 aliphatic rings. The van der Waals surface area contributed by atoms with E-state index in [-0.39, 0.29) is 29.6 Å². The fraction of sp³-hybridized carbons (Fsp3) is 0.579. The average molecular weight is 347 g/mol. The first-order valence-electron chi connectivity index (χ1n) is 8.87. The fourth-order valence-electron chi connectivity index (χ4n) is 4.04. The van der Waals surface area contributed by atoms with E-state index in [1.54, 1.807) is 28.0 Å². The first-order valence-corrected chi connectivity index (χ1v) is 8.87. The number of likely N-dealkylation sites (tertiary alicyclic amines) is 2. The van der Waals surface area contributed by atoms with Crippen LogP contribution in [0.3, 0.4) is 0 Å². The number of carbonyl (C=O) groups excluding carboxylic acids is 2. The van der Waals surface area contributed by atoms with Crippen molar-refractivity contribution in [2.45, 2.75) is 25.8 Å². The summed E-state index contributed by atoms with van der Waals surface area (Å²) in [6, 6.07) is 6.62. The lowest BCUT2D eigenvalue weighted by Crippen LogP contribution is -2.49. The van der Waals surface area contributed by atoms with Gasteiger partial charge in [-0.2, -0.15) is 0 Å². The quantitative estimate of drug-likeness (QED) is 0.833. The second kappa shape index (κ2) is 7.12. The summed E-state index contributed by atoms with van der Waals surface area (Å²) in [5.41, 5.74) is 0.201. The highest BCUT2D eigenvalue weighted by Gasteiger charge is 2.48. The van der Waals surface area contributed by atoms with Crippen LogP contribution in [0.25, 0.3) is 0 Å². The molecule has 6 heteroatoms. The van der Waals surface area contributed by atoms with Crippen molar-refractivity contribution in [2.24, 2.45) is 5.41 Å². The Hall–Kier alpha value is -1.95. The molecule has 2 amide bonds. The lowest BCUT2D eigenvalue weighted by Gasteiger charge is -2.37. The van der Waals surface area contributed by atoms with Gasteiger partial charge in [-0.25, -0.2) is 4.39 Å². The highest BCUT2D eigenvalue weighted by atomic mass is 19.1. The van der Waals surface area contributed by atoms with E-state index in [9.17, 15) is 14.0 Å². The average Bonchev–Trinajstić information content (AvgIpc) is 3.00. The number of amides is 2. The van der Waals surface area contributed by atoms with Crippen LogP contribution in [0.15, 0.2) is 24.3 Å². The Balaban J connectivity index is 1.57. The molecule has 136 valence electrons. The molecular formula is C19H26FN3O2. The molecule has 25 heavy (non-hydrogen) atoms. The maximum absolute atomic E-state index is 13.7. The Labute approximate surface area is 148 Å². The summed E-state index contributed by atoms with van der Waals surface area (Å²) in [7, 11) is 3.66. The van der Waals surface area contributed by atoms with Crippen molar-refractivity contribution in [1.29, 1.82) is 0 Å². The molecule has 1 aromatic rings. The molecular weight excluding hydrogens is 321 g/mol. The zero-order valence-corrected chi connectivity index (χ0v) is 15.0. The highest BCUT2D eigenvalue weighted by Crippen LogP contribution is 2.39. The highest BCUT2D eigenvalue weighted by molar-refractivity contribution is 5.86. The summed E-state index contributed by atoms with van der Waals surface area (Å²) in [6.07, 6.45) is 2.61. The van der Waals surface area contributed by atoms with Gasteiger partial charge in [-0.05, 0) is 32.4 Å². The molecule has 0 radical (unpaired) electrons. The molecule has 1 spiro atoms. The summed E-state index contributed by atoms with van der Waals surface area (Å²) >= 11 is 0. The van der Waals surface area contributed by atoms with E-state index in [1.165, 1.54) is 6.07 Å². The molecule has 0 aliphatic carbocycles. The number of likely N-dealkylation sites (N-methyl/N-ethyl adjacent to an activating group) is 1. The van der Waals surface area contributed by atoms with Crippen LogP contribution in [-0.4, -0.2) is 66.8 Å². The number of rotatable bonds is 4. The smallest absolute Gasteiger partial charge is 0.236 e. The molecule has 5 nitrogen and oxygen atoms in total. The van der Waals surface area contributed by atoms with Crippen LogP contribution >= 0.6 is 0 Å². The molecule has 1 aromatic carbocycles. The number of hydrogen-bond donors (Lipinski definition) is 0. The zero-order chi connectivity index (χ0) is 18.0. The first kappa shape index (κ1) is 17.9. The summed E-state index contributed by atoms with van der Waals surface area (Å²) in [4.78, 5) is 30.6. The summed E-state index contributed by atoms with van der Waals surface area (Å²) in [6.45, 7) is 2.57. The number of carbonyl (C=O) groups is 2. The van der Waals surface area contributed by atoms with Gasteiger partial charge in [0.25, 0.3) is 0 Å². The minimum Gasteiger partial charge on any atom is -0.345 e. The van der Waals surface area contributed by atoms with Crippen LogP contribution in [0.4, 0.5) is 4.39 Å². The minimum atomic E-state index is -0.382. The third-order valence-corrected chi connectivity index (χ3v) is 5.46. The van der Waals surface area contributed by atoms with E-state index in [1.807, 2.05) is 19.0 Å². The zero-order valence-electron chi connectivity index (χ0n) is 15.0. The molecule has 0 N–H and O–H groups in total. The number of hydrogen-bond acceptors (Lipinski definition) is 3. The number of halogens is 1. The Bertz CT molecular complexity index is 666. The van der Waals surface area contributed by atoms with Gasteiger partial charge in [0.05, 0.1) is 12.0 Å². The van der Waals surface area contributed by atoms with Crippen molar-refractivity contribution in [3.8, 4) is 0 Å². The van der Waals surface area contributed by atoms with Crippen LogP contribution < -0.4 is 0 Å². The monoisotopic (exact) mass is 347 g/mol. The van der Waals surface area contributed by atoms with Crippen molar-refractivity contribution in [3.05, 3.63) is 35.6 Å². The first-order chi connectivity index (χ1) is 11.9. The standard InChI is InChI=1S/C19H26FN3O2/c1-21(12-15-6-3-4-7-16(15)20)13-17(24)23-11-9-19(14-23)8-5-10-22(2)18(19)25/h3-4,6-7H,5,8-14H2,1-2H3/t19-/m0/s1. The molecule has 3 rings (SSSR count). The van der Waals surface area contributed by atoms with Crippen LogP contribution in [-0.2, 0) is 16.1 Å². The summed E-state index contributed by atoms with van der Waals surface area (Å²) in [5, 5.41) is 0. The van der Waals surface area contributed by atoms with Gasteiger partial charge in [0, 0.05) is 38.8 Å². The number of nitrogens with zero attached hydrogens (tertiary/aromatic N) is 3. The Kier molecular flexibility index (Phi) is 5.08. The van der Waals surface area contributed by atoms with Crippen molar-refractivity contribution in [2.75, 3.05) is 40.3 Å². The van der Waals surface area contributed by atoms with Gasteiger partial charge >= 0.3 is 0 Å². The van der Waals surface area contributed by atoms with Crippen molar-refractivity contribution in [3.63, 3.8) is 0 Å². The lowest BCUT2D eigenvalue weighted by molar-refractivity contribution is -0.144.